The molecular weight excluding hydrogens is 318 g/mol. The van der Waals surface area contributed by atoms with E-state index in [4.69, 9.17) is 4.52 Å². The number of carbonyl (C=O) groups is 1. The Labute approximate surface area is 135 Å². The molecule has 1 aromatic heterocycles. The van der Waals surface area contributed by atoms with Gasteiger partial charge < -0.3 is 9.84 Å². The fraction of sp³-hybridized carbons (Fsp3) is 0.333. The summed E-state index contributed by atoms with van der Waals surface area (Å²) in [6, 6.07) is 6.46. The summed E-state index contributed by atoms with van der Waals surface area (Å²) >= 11 is 0. The first-order chi connectivity index (χ1) is 10.7. The molecule has 23 heavy (non-hydrogen) atoms. The molecule has 0 aliphatic rings. The van der Waals surface area contributed by atoms with E-state index in [0.29, 0.717) is 22.7 Å². The zero-order valence-corrected chi connectivity index (χ0v) is 14.3. The van der Waals surface area contributed by atoms with Crippen molar-refractivity contribution in [2.75, 3.05) is 12.4 Å². The zero-order chi connectivity index (χ0) is 17.2. The summed E-state index contributed by atoms with van der Waals surface area (Å²) < 4.78 is 31.7. The van der Waals surface area contributed by atoms with Crippen LogP contribution in [0.25, 0.3) is 0 Å². The highest BCUT2D eigenvalue weighted by molar-refractivity contribution is 7.89. The van der Waals surface area contributed by atoms with Crippen molar-refractivity contribution in [2.45, 2.75) is 32.2 Å². The summed E-state index contributed by atoms with van der Waals surface area (Å²) in [5, 5.41) is 6.39. The Bertz CT molecular complexity index is 827. The van der Waals surface area contributed by atoms with E-state index in [9.17, 15) is 13.2 Å². The second kappa shape index (κ2) is 6.51. The lowest BCUT2D eigenvalue weighted by Crippen LogP contribution is -2.27. The van der Waals surface area contributed by atoms with Crippen LogP contribution in [0.3, 0.4) is 0 Å². The van der Waals surface area contributed by atoms with Crippen LogP contribution < -0.4 is 5.32 Å². The quantitative estimate of drug-likeness (QED) is 0.901. The van der Waals surface area contributed by atoms with Crippen LogP contribution >= 0.6 is 0 Å². The number of aryl methyl sites for hydroxylation is 2. The van der Waals surface area contributed by atoms with Crippen LogP contribution in [0.5, 0.6) is 0 Å². The van der Waals surface area contributed by atoms with Crippen LogP contribution in [0.2, 0.25) is 0 Å². The van der Waals surface area contributed by atoms with E-state index < -0.39 is 10.0 Å². The van der Waals surface area contributed by atoms with Crippen LogP contribution in [0, 0.1) is 13.8 Å². The molecule has 1 aromatic carbocycles. The third-order valence-electron chi connectivity index (χ3n) is 3.26. The van der Waals surface area contributed by atoms with E-state index in [0.717, 1.165) is 0 Å². The molecule has 0 saturated heterocycles. The van der Waals surface area contributed by atoms with Crippen molar-refractivity contribution in [3.05, 3.63) is 41.3 Å². The molecule has 1 N–H and O–H groups in total. The average Bonchev–Trinajstić information content (AvgIpc) is 2.85. The second-order valence-corrected chi connectivity index (χ2v) is 7.36. The van der Waals surface area contributed by atoms with Gasteiger partial charge in [-0.15, -0.1) is 0 Å². The standard InChI is InChI=1S/C15H19N3O4S/c1-10-5-6-13(16-12(3)19)8-15(10)23(20,21)18(4)9-14-7-11(2)22-17-14/h5-8H,9H2,1-4H3,(H,16,19). The summed E-state index contributed by atoms with van der Waals surface area (Å²) in [5.74, 6) is 0.360. The predicted molar refractivity (Wildman–Crippen MR) is 85.4 cm³/mol. The molecule has 2 aromatic rings. The molecule has 0 radical (unpaired) electrons. The molecule has 0 bridgehead atoms. The molecule has 0 aliphatic heterocycles. The van der Waals surface area contributed by atoms with Gasteiger partial charge in [-0.3, -0.25) is 4.79 Å². The normalized spacial score (nSPS) is 11.7. The number of anilines is 1. The number of nitrogens with one attached hydrogen (secondary N) is 1. The fourth-order valence-electron chi connectivity index (χ4n) is 2.13. The van der Waals surface area contributed by atoms with E-state index in [2.05, 4.69) is 10.5 Å². The highest BCUT2D eigenvalue weighted by Crippen LogP contribution is 2.24. The molecule has 7 nitrogen and oxygen atoms in total. The van der Waals surface area contributed by atoms with Gasteiger partial charge in [0.25, 0.3) is 0 Å². The molecule has 0 aliphatic carbocycles. The number of aromatic nitrogens is 1. The van der Waals surface area contributed by atoms with Gasteiger partial charge in [-0.1, -0.05) is 11.2 Å². The summed E-state index contributed by atoms with van der Waals surface area (Å²) in [6.45, 7) is 4.92. The Morgan fingerprint density at radius 2 is 2.00 bits per heavy atom. The average molecular weight is 337 g/mol. The summed E-state index contributed by atoms with van der Waals surface area (Å²) in [7, 11) is -2.24. The molecule has 8 heteroatoms. The van der Waals surface area contributed by atoms with Crippen LogP contribution in [-0.4, -0.2) is 30.8 Å². The van der Waals surface area contributed by atoms with Crippen molar-refractivity contribution in [1.82, 2.24) is 9.46 Å². The topological polar surface area (TPSA) is 92.5 Å². The lowest BCUT2D eigenvalue weighted by Gasteiger charge is -2.18. The van der Waals surface area contributed by atoms with Gasteiger partial charge >= 0.3 is 0 Å². The molecule has 0 fully saturated rings. The molecule has 2 rings (SSSR count). The van der Waals surface area contributed by atoms with Crippen LogP contribution in [0.1, 0.15) is 23.9 Å². The minimum Gasteiger partial charge on any atom is -0.361 e. The molecule has 1 heterocycles. The van der Waals surface area contributed by atoms with E-state index in [1.807, 2.05) is 0 Å². The Balaban J connectivity index is 2.32. The van der Waals surface area contributed by atoms with Gasteiger partial charge in [0.05, 0.1) is 17.1 Å². The smallest absolute Gasteiger partial charge is 0.243 e. The minimum atomic E-state index is -3.72. The number of nitrogens with zero attached hydrogens (tertiary/aromatic N) is 2. The number of rotatable bonds is 5. The fourth-order valence-corrected chi connectivity index (χ4v) is 3.52. The largest absolute Gasteiger partial charge is 0.361 e. The molecule has 124 valence electrons. The maximum Gasteiger partial charge on any atom is 0.243 e. The molecule has 0 unspecified atom stereocenters. The monoisotopic (exact) mass is 337 g/mol. The van der Waals surface area contributed by atoms with Crippen molar-refractivity contribution in [3.63, 3.8) is 0 Å². The number of benzene rings is 1. The SMILES string of the molecule is CC(=O)Nc1ccc(C)c(S(=O)(=O)N(C)Cc2cc(C)on2)c1. The van der Waals surface area contributed by atoms with E-state index >= 15 is 0 Å². The van der Waals surface area contributed by atoms with Gasteiger partial charge in [0.2, 0.25) is 15.9 Å². The van der Waals surface area contributed by atoms with Gasteiger partial charge in [-0.25, -0.2) is 8.42 Å². The number of sulfonamides is 1. The van der Waals surface area contributed by atoms with E-state index in [1.165, 1.54) is 24.3 Å². The van der Waals surface area contributed by atoms with Crippen molar-refractivity contribution < 1.29 is 17.7 Å². The van der Waals surface area contributed by atoms with Gasteiger partial charge in [0.15, 0.2) is 0 Å². The third kappa shape index (κ3) is 3.96. The highest BCUT2D eigenvalue weighted by atomic mass is 32.2. The zero-order valence-electron chi connectivity index (χ0n) is 13.5. The van der Waals surface area contributed by atoms with E-state index in [1.54, 1.807) is 32.0 Å². The number of carbonyl (C=O) groups excluding carboxylic acids is 1. The summed E-state index contributed by atoms with van der Waals surface area (Å²) in [6.07, 6.45) is 0. The number of hydrogen-bond acceptors (Lipinski definition) is 5. The van der Waals surface area contributed by atoms with Crippen molar-refractivity contribution in [3.8, 4) is 0 Å². The Hall–Kier alpha value is -2.19. The van der Waals surface area contributed by atoms with Crippen molar-refractivity contribution in [2.24, 2.45) is 0 Å². The first-order valence-electron chi connectivity index (χ1n) is 6.97. The van der Waals surface area contributed by atoms with Crippen molar-refractivity contribution in [1.29, 1.82) is 0 Å². The predicted octanol–water partition coefficient (Wildman–Crippen LogP) is 2.07. The molecule has 1 amide bonds. The maximum atomic E-state index is 12.8. The summed E-state index contributed by atoms with van der Waals surface area (Å²) in [4.78, 5) is 11.3. The second-order valence-electron chi connectivity index (χ2n) is 5.35. The molecular formula is C15H19N3O4S. The Kier molecular flexibility index (Phi) is 4.86. The Morgan fingerprint density at radius 3 is 2.57 bits per heavy atom. The first kappa shape index (κ1) is 17.2. The summed E-state index contributed by atoms with van der Waals surface area (Å²) in [5.41, 5.74) is 1.57. The van der Waals surface area contributed by atoms with Crippen LogP contribution in [0.4, 0.5) is 5.69 Å². The maximum absolute atomic E-state index is 12.8. The van der Waals surface area contributed by atoms with Crippen LogP contribution in [-0.2, 0) is 21.4 Å². The lowest BCUT2D eigenvalue weighted by molar-refractivity contribution is -0.114. The number of hydrogen-bond donors (Lipinski definition) is 1. The van der Waals surface area contributed by atoms with E-state index in [-0.39, 0.29) is 17.3 Å². The lowest BCUT2D eigenvalue weighted by atomic mass is 10.2. The van der Waals surface area contributed by atoms with Gasteiger partial charge in [-0.05, 0) is 31.5 Å². The van der Waals surface area contributed by atoms with Crippen LogP contribution in [0.15, 0.2) is 33.7 Å². The molecule has 0 spiro atoms. The third-order valence-corrected chi connectivity index (χ3v) is 5.20. The molecule has 0 saturated carbocycles. The Morgan fingerprint density at radius 1 is 1.30 bits per heavy atom. The molecule has 0 atom stereocenters. The first-order valence-corrected chi connectivity index (χ1v) is 8.41. The van der Waals surface area contributed by atoms with Gasteiger partial charge in [0, 0.05) is 25.7 Å². The number of amides is 1. The minimum absolute atomic E-state index is 0.101. The van der Waals surface area contributed by atoms with Crippen molar-refractivity contribution >= 4 is 21.6 Å². The highest BCUT2D eigenvalue weighted by Gasteiger charge is 2.24. The van der Waals surface area contributed by atoms with Gasteiger partial charge in [0.1, 0.15) is 5.76 Å². The van der Waals surface area contributed by atoms with Gasteiger partial charge in [-0.2, -0.15) is 4.31 Å².